The number of carbonyl (C=O) groups is 1. The van der Waals surface area contributed by atoms with Gasteiger partial charge in [-0.2, -0.15) is 5.10 Å². The number of hydrogen-bond donors (Lipinski definition) is 2. The molecule has 0 aliphatic rings. The molecule has 2 N–H and O–H groups in total. The van der Waals surface area contributed by atoms with Gasteiger partial charge in [0.25, 0.3) is 0 Å². The Morgan fingerprint density at radius 2 is 2.06 bits per heavy atom. The van der Waals surface area contributed by atoms with Gasteiger partial charge in [0.2, 0.25) is 0 Å². The van der Waals surface area contributed by atoms with Gasteiger partial charge in [-0.3, -0.25) is 15.3 Å². The molecule has 94 valence electrons. The molecule has 0 unspecified atom stereocenters. The minimum absolute atomic E-state index is 0.382. The third-order valence-electron chi connectivity index (χ3n) is 2.32. The highest BCUT2D eigenvalue weighted by molar-refractivity contribution is 6.30. The lowest BCUT2D eigenvalue weighted by atomic mass is 10.4. The van der Waals surface area contributed by atoms with Crippen molar-refractivity contribution in [3.8, 4) is 0 Å². The van der Waals surface area contributed by atoms with Crippen LogP contribution in [0.2, 0.25) is 5.02 Å². The van der Waals surface area contributed by atoms with Gasteiger partial charge < -0.3 is 0 Å². The molecule has 2 aromatic heterocycles. The van der Waals surface area contributed by atoms with E-state index < -0.39 is 6.03 Å². The summed E-state index contributed by atoms with van der Waals surface area (Å²) >= 11 is 5.79. The third kappa shape index (κ3) is 2.98. The number of nitrogens with zero attached hydrogens (tertiary/aromatic N) is 3. The molecule has 2 rings (SSSR count). The smallest absolute Gasteiger partial charge is 0.292 e. The summed E-state index contributed by atoms with van der Waals surface area (Å²) in [5.74, 6) is 0.863. The molecule has 0 spiro atoms. The predicted molar refractivity (Wildman–Crippen MR) is 69.8 cm³/mol. The maximum Gasteiger partial charge on any atom is 0.326 e. The van der Waals surface area contributed by atoms with Crippen molar-refractivity contribution in [1.29, 1.82) is 0 Å². The lowest BCUT2D eigenvalue weighted by Crippen LogP contribution is -2.20. The van der Waals surface area contributed by atoms with E-state index in [0.717, 1.165) is 5.69 Å². The topological polar surface area (TPSA) is 71.8 Å². The standard InChI is InChI=1S/C11H12ClN5O/c1-7-5-10(16-17(7)2)15-11(18)14-9-6-8(12)3-4-13-9/h3-6H,1-2H3,(H2,13,14,15,16,18). The van der Waals surface area contributed by atoms with Crippen LogP contribution in [0.15, 0.2) is 24.4 Å². The summed E-state index contributed by atoms with van der Waals surface area (Å²) in [5, 5.41) is 9.79. The van der Waals surface area contributed by atoms with Crippen LogP contribution >= 0.6 is 11.6 Å². The fourth-order valence-electron chi connectivity index (χ4n) is 1.36. The van der Waals surface area contributed by atoms with Crippen molar-refractivity contribution in [1.82, 2.24) is 14.8 Å². The first-order valence-electron chi connectivity index (χ1n) is 5.25. The number of nitrogens with one attached hydrogen (secondary N) is 2. The summed E-state index contributed by atoms with van der Waals surface area (Å²) in [6.45, 7) is 1.90. The quantitative estimate of drug-likeness (QED) is 0.876. The Labute approximate surface area is 109 Å². The van der Waals surface area contributed by atoms with Crippen molar-refractivity contribution < 1.29 is 4.79 Å². The SMILES string of the molecule is Cc1cc(NC(=O)Nc2cc(Cl)ccn2)nn1C. The van der Waals surface area contributed by atoms with E-state index >= 15 is 0 Å². The van der Waals surface area contributed by atoms with Crippen LogP contribution in [0.5, 0.6) is 0 Å². The Balaban J connectivity index is 2.01. The number of urea groups is 1. The molecule has 0 saturated heterocycles. The zero-order valence-corrected chi connectivity index (χ0v) is 10.7. The van der Waals surface area contributed by atoms with Crippen LogP contribution in [0, 0.1) is 6.92 Å². The molecule has 0 fully saturated rings. The van der Waals surface area contributed by atoms with E-state index in [-0.39, 0.29) is 0 Å². The van der Waals surface area contributed by atoms with E-state index in [9.17, 15) is 4.79 Å². The average Bonchev–Trinajstić information content (AvgIpc) is 2.57. The number of amides is 2. The third-order valence-corrected chi connectivity index (χ3v) is 2.55. The second kappa shape index (κ2) is 5.05. The first kappa shape index (κ1) is 12.4. The molecule has 0 bridgehead atoms. The van der Waals surface area contributed by atoms with Crippen molar-refractivity contribution in [2.75, 3.05) is 10.6 Å². The maximum atomic E-state index is 11.7. The average molecular weight is 266 g/mol. The molecule has 0 radical (unpaired) electrons. The van der Waals surface area contributed by atoms with E-state index in [1.165, 1.54) is 6.20 Å². The number of anilines is 2. The highest BCUT2D eigenvalue weighted by Gasteiger charge is 2.07. The van der Waals surface area contributed by atoms with Gasteiger partial charge in [-0.1, -0.05) is 11.6 Å². The lowest BCUT2D eigenvalue weighted by molar-refractivity contribution is 0.262. The van der Waals surface area contributed by atoms with Crippen molar-refractivity contribution >= 4 is 29.3 Å². The summed E-state index contributed by atoms with van der Waals surface area (Å²) < 4.78 is 1.67. The van der Waals surface area contributed by atoms with E-state index in [2.05, 4.69) is 20.7 Å². The molecule has 2 amide bonds. The summed E-state index contributed by atoms with van der Waals surface area (Å²) in [6.07, 6.45) is 1.52. The first-order chi connectivity index (χ1) is 8.54. The van der Waals surface area contributed by atoms with E-state index in [1.54, 1.807) is 29.9 Å². The number of halogens is 1. The second-order valence-electron chi connectivity index (χ2n) is 3.73. The number of hydrogen-bond acceptors (Lipinski definition) is 3. The highest BCUT2D eigenvalue weighted by Crippen LogP contribution is 2.12. The second-order valence-corrected chi connectivity index (χ2v) is 4.17. The van der Waals surface area contributed by atoms with Gasteiger partial charge in [-0.25, -0.2) is 9.78 Å². The zero-order valence-electron chi connectivity index (χ0n) is 9.94. The molecule has 2 heterocycles. The van der Waals surface area contributed by atoms with Crippen molar-refractivity contribution in [3.05, 3.63) is 35.1 Å². The minimum Gasteiger partial charge on any atom is -0.292 e. The van der Waals surface area contributed by atoms with Gasteiger partial charge in [0.15, 0.2) is 5.82 Å². The van der Waals surface area contributed by atoms with E-state index in [4.69, 9.17) is 11.6 Å². The van der Waals surface area contributed by atoms with E-state index in [1.807, 2.05) is 6.92 Å². The van der Waals surface area contributed by atoms with Gasteiger partial charge in [0, 0.05) is 30.0 Å². The van der Waals surface area contributed by atoms with E-state index in [0.29, 0.717) is 16.7 Å². The molecule has 0 atom stereocenters. The molecule has 0 saturated carbocycles. The minimum atomic E-state index is -0.414. The van der Waals surface area contributed by atoms with Gasteiger partial charge in [-0.05, 0) is 19.1 Å². The fraction of sp³-hybridized carbons (Fsp3) is 0.182. The zero-order chi connectivity index (χ0) is 13.1. The summed E-state index contributed by atoms with van der Waals surface area (Å²) in [5.41, 5.74) is 0.950. The van der Waals surface area contributed by atoms with Crippen LogP contribution < -0.4 is 10.6 Å². The van der Waals surface area contributed by atoms with Gasteiger partial charge >= 0.3 is 6.03 Å². The Morgan fingerprint density at radius 3 is 2.67 bits per heavy atom. The van der Waals surface area contributed by atoms with Crippen LogP contribution in [0.1, 0.15) is 5.69 Å². The molecule has 2 aromatic rings. The number of aromatic nitrogens is 3. The van der Waals surface area contributed by atoms with Crippen LogP contribution in [0.3, 0.4) is 0 Å². The molecule has 0 aliphatic heterocycles. The summed E-state index contributed by atoms with van der Waals surface area (Å²) in [4.78, 5) is 15.6. The first-order valence-corrected chi connectivity index (χ1v) is 5.62. The normalized spacial score (nSPS) is 10.2. The lowest BCUT2D eigenvalue weighted by Gasteiger charge is -2.04. The number of aryl methyl sites for hydroxylation is 2. The molecule has 7 heteroatoms. The Kier molecular flexibility index (Phi) is 3.47. The maximum absolute atomic E-state index is 11.7. The summed E-state index contributed by atoms with van der Waals surface area (Å²) in [6, 6.07) is 4.55. The van der Waals surface area contributed by atoms with Crippen molar-refractivity contribution in [2.45, 2.75) is 6.92 Å². The predicted octanol–water partition coefficient (Wildman–Crippen LogP) is 2.42. The monoisotopic (exact) mass is 265 g/mol. The molecular weight excluding hydrogens is 254 g/mol. The van der Waals surface area contributed by atoms with Crippen LogP contribution in [-0.2, 0) is 7.05 Å². The van der Waals surface area contributed by atoms with Crippen LogP contribution in [-0.4, -0.2) is 20.8 Å². The molecule has 6 nitrogen and oxygen atoms in total. The number of carbonyl (C=O) groups excluding carboxylic acids is 1. The Morgan fingerprint density at radius 1 is 1.33 bits per heavy atom. The van der Waals surface area contributed by atoms with Gasteiger partial charge in [-0.15, -0.1) is 0 Å². The number of rotatable bonds is 2. The highest BCUT2D eigenvalue weighted by atomic mass is 35.5. The largest absolute Gasteiger partial charge is 0.326 e. The molecule has 18 heavy (non-hydrogen) atoms. The molecule has 0 aliphatic carbocycles. The molecular formula is C11H12ClN5O. The van der Waals surface area contributed by atoms with Gasteiger partial charge in [0.1, 0.15) is 5.82 Å². The fourth-order valence-corrected chi connectivity index (χ4v) is 1.52. The van der Waals surface area contributed by atoms with Gasteiger partial charge in [0.05, 0.1) is 0 Å². The van der Waals surface area contributed by atoms with Crippen LogP contribution in [0.25, 0.3) is 0 Å². The number of pyridine rings is 1. The van der Waals surface area contributed by atoms with Crippen LogP contribution in [0.4, 0.5) is 16.4 Å². The Hall–Kier alpha value is -2.08. The van der Waals surface area contributed by atoms with Crippen molar-refractivity contribution in [3.63, 3.8) is 0 Å². The molecule has 0 aromatic carbocycles. The summed E-state index contributed by atoms with van der Waals surface area (Å²) in [7, 11) is 1.80. The Bertz CT molecular complexity index is 561. The van der Waals surface area contributed by atoms with Crippen molar-refractivity contribution in [2.24, 2.45) is 7.05 Å².